The maximum atomic E-state index is 11.8. The molecule has 0 saturated carbocycles. The van der Waals surface area contributed by atoms with Crippen LogP contribution in [0.15, 0.2) is 12.1 Å². The Bertz CT molecular complexity index is 433. The zero-order valence-electron chi connectivity index (χ0n) is 9.13. The van der Waals surface area contributed by atoms with Gasteiger partial charge in [-0.1, -0.05) is 0 Å². The number of rotatable bonds is 0. The van der Waals surface area contributed by atoms with Crippen LogP contribution < -0.4 is 4.74 Å². The molecule has 1 N–H and O–H groups in total. The molecular formula is C12H14O3. The summed E-state index contributed by atoms with van der Waals surface area (Å²) in [6.07, 6.45) is 0.302. The largest absolute Gasteiger partial charge is 0.507 e. The van der Waals surface area contributed by atoms with Crippen molar-refractivity contribution in [3.8, 4) is 11.5 Å². The molecule has 1 heterocycles. The molecule has 1 aliphatic rings. The van der Waals surface area contributed by atoms with Crippen LogP contribution in [-0.4, -0.2) is 16.5 Å². The van der Waals surface area contributed by atoms with Crippen molar-refractivity contribution in [2.75, 3.05) is 0 Å². The smallest absolute Gasteiger partial charge is 0.174 e. The molecule has 0 radical (unpaired) electrons. The summed E-state index contributed by atoms with van der Waals surface area (Å²) in [6.45, 7) is 5.59. The summed E-state index contributed by atoms with van der Waals surface area (Å²) in [4.78, 5) is 11.8. The number of Topliss-reactive ketones (excluding diaryl/α,β-unsaturated/α-hetero) is 1. The number of carbonyl (C=O) groups is 1. The Morgan fingerprint density at radius 3 is 2.73 bits per heavy atom. The minimum absolute atomic E-state index is 0.0190. The van der Waals surface area contributed by atoms with Crippen molar-refractivity contribution in [1.29, 1.82) is 0 Å². The zero-order chi connectivity index (χ0) is 11.2. The lowest BCUT2D eigenvalue weighted by atomic mass is 9.92. The lowest BCUT2D eigenvalue weighted by molar-refractivity contribution is 0.0614. The van der Waals surface area contributed by atoms with E-state index in [1.54, 1.807) is 12.1 Å². The van der Waals surface area contributed by atoms with Gasteiger partial charge in [0.15, 0.2) is 5.78 Å². The van der Waals surface area contributed by atoms with Crippen molar-refractivity contribution < 1.29 is 14.6 Å². The first-order chi connectivity index (χ1) is 6.89. The second-order valence-corrected chi connectivity index (χ2v) is 4.62. The number of ketones is 1. The molecular weight excluding hydrogens is 192 g/mol. The summed E-state index contributed by atoms with van der Waals surface area (Å²) in [5.41, 5.74) is 0.723. The van der Waals surface area contributed by atoms with Gasteiger partial charge in [0, 0.05) is 0 Å². The summed E-state index contributed by atoms with van der Waals surface area (Å²) in [7, 11) is 0. The first-order valence-corrected chi connectivity index (χ1v) is 4.95. The van der Waals surface area contributed by atoms with Gasteiger partial charge in [0.25, 0.3) is 0 Å². The highest BCUT2D eigenvalue weighted by atomic mass is 16.5. The Hall–Kier alpha value is -1.51. The highest BCUT2D eigenvalue weighted by Gasteiger charge is 2.34. The zero-order valence-corrected chi connectivity index (χ0v) is 9.13. The van der Waals surface area contributed by atoms with Gasteiger partial charge in [0.2, 0.25) is 0 Å². The number of phenolic OH excluding ortho intramolecular Hbond substituents is 1. The predicted molar refractivity (Wildman–Crippen MR) is 56.5 cm³/mol. The van der Waals surface area contributed by atoms with Crippen LogP contribution in [0.4, 0.5) is 0 Å². The van der Waals surface area contributed by atoms with Crippen molar-refractivity contribution in [3.05, 3.63) is 23.3 Å². The van der Waals surface area contributed by atoms with E-state index in [1.807, 2.05) is 20.8 Å². The molecule has 0 fully saturated rings. The highest BCUT2D eigenvalue weighted by molar-refractivity contribution is 6.02. The number of ether oxygens (including phenoxy) is 1. The van der Waals surface area contributed by atoms with Crippen LogP contribution in [0.2, 0.25) is 0 Å². The van der Waals surface area contributed by atoms with Gasteiger partial charge in [0.1, 0.15) is 22.7 Å². The van der Waals surface area contributed by atoms with Gasteiger partial charge in [0.05, 0.1) is 6.42 Å². The standard InChI is InChI=1S/C12H14O3/c1-7-4-8(13)11-9(14)6-12(2,3)15-10(11)5-7/h4-5,13H,6H2,1-3H3. The van der Waals surface area contributed by atoms with Crippen LogP contribution in [-0.2, 0) is 0 Å². The number of phenols is 1. The van der Waals surface area contributed by atoms with E-state index in [0.29, 0.717) is 17.7 Å². The summed E-state index contributed by atoms with van der Waals surface area (Å²) in [5.74, 6) is 0.456. The minimum atomic E-state index is -0.482. The molecule has 0 bridgehead atoms. The molecule has 15 heavy (non-hydrogen) atoms. The van der Waals surface area contributed by atoms with E-state index in [0.717, 1.165) is 5.56 Å². The second-order valence-electron chi connectivity index (χ2n) is 4.62. The van der Waals surface area contributed by atoms with E-state index in [-0.39, 0.29) is 11.5 Å². The average molecular weight is 206 g/mol. The molecule has 0 aromatic heterocycles. The van der Waals surface area contributed by atoms with Crippen LogP contribution in [0.3, 0.4) is 0 Å². The minimum Gasteiger partial charge on any atom is -0.507 e. The Morgan fingerprint density at radius 2 is 2.07 bits per heavy atom. The van der Waals surface area contributed by atoms with Gasteiger partial charge in [-0.15, -0.1) is 0 Å². The van der Waals surface area contributed by atoms with E-state index in [9.17, 15) is 9.90 Å². The number of benzene rings is 1. The molecule has 80 valence electrons. The third kappa shape index (κ3) is 1.69. The Kier molecular flexibility index (Phi) is 2.00. The fourth-order valence-electron chi connectivity index (χ4n) is 1.90. The lowest BCUT2D eigenvalue weighted by Crippen LogP contribution is -2.35. The Labute approximate surface area is 88.7 Å². The monoisotopic (exact) mass is 206 g/mol. The van der Waals surface area contributed by atoms with Crippen molar-refractivity contribution in [3.63, 3.8) is 0 Å². The van der Waals surface area contributed by atoms with E-state index in [4.69, 9.17) is 4.74 Å². The highest BCUT2D eigenvalue weighted by Crippen LogP contribution is 2.38. The van der Waals surface area contributed by atoms with Crippen molar-refractivity contribution >= 4 is 5.78 Å². The topological polar surface area (TPSA) is 46.5 Å². The number of aryl methyl sites for hydroxylation is 1. The molecule has 0 unspecified atom stereocenters. The molecule has 2 rings (SSSR count). The average Bonchev–Trinajstić information content (AvgIpc) is 1.97. The molecule has 3 heteroatoms. The van der Waals surface area contributed by atoms with Crippen LogP contribution >= 0.6 is 0 Å². The van der Waals surface area contributed by atoms with E-state index in [2.05, 4.69) is 0 Å². The second kappa shape index (κ2) is 2.99. The van der Waals surface area contributed by atoms with E-state index >= 15 is 0 Å². The van der Waals surface area contributed by atoms with Gasteiger partial charge in [-0.05, 0) is 38.5 Å². The van der Waals surface area contributed by atoms with E-state index < -0.39 is 5.60 Å². The molecule has 1 aromatic rings. The first-order valence-electron chi connectivity index (χ1n) is 4.95. The Morgan fingerprint density at radius 1 is 1.40 bits per heavy atom. The van der Waals surface area contributed by atoms with Crippen LogP contribution in [0, 0.1) is 6.92 Å². The summed E-state index contributed by atoms with van der Waals surface area (Å²) >= 11 is 0. The van der Waals surface area contributed by atoms with Crippen LogP contribution in [0.25, 0.3) is 0 Å². The van der Waals surface area contributed by atoms with Crippen LogP contribution in [0.1, 0.15) is 36.2 Å². The SMILES string of the molecule is Cc1cc(O)c2c(c1)OC(C)(C)CC2=O. The Balaban J connectivity index is 2.60. The molecule has 0 aliphatic carbocycles. The van der Waals surface area contributed by atoms with Gasteiger partial charge >= 0.3 is 0 Å². The van der Waals surface area contributed by atoms with Gasteiger partial charge < -0.3 is 9.84 Å². The quantitative estimate of drug-likeness (QED) is 0.709. The normalized spacial score (nSPS) is 18.2. The van der Waals surface area contributed by atoms with Gasteiger partial charge in [-0.25, -0.2) is 0 Å². The van der Waals surface area contributed by atoms with Crippen molar-refractivity contribution in [2.45, 2.75) is 32.8 Å². The summed E-state index contributed by atoms with van der Waals surface area (Å²) in [5, 5.41) is 9.68. The number of carbonyl (C=O) groups excluding carboxylic acids is 1. The predicted octanol–water partition coefficient (Wildman–Crippen LogP) is 2.44. The molecule has 0 amide bonds. The third-order valence-corrected chi connectivity index (χ3v) is 2.48. The van der Waals surface area contributed by atoms with Crippen molar-refractivity contribution in [2.24, 2.45) is 0 Å². The lowest BCUT2D eigenvalue weighted by Gasteiger charge is -2.31. The molecule has 3 nitrogen and oxygen atoms in total. The van der Waals surface area contributed by atoms with Crippen molar-refractivity contribution in [1.82, 2.24) is 0 Å². The molecule has 0 atom stereocenters. The van der Waals surface area contributed by atoms with Gasteiger partial charge in [-0.2, -0.15) is 0 Å². The van der Waals surface area contributed by atoms with Crippen LogP contribution in [0.5, 0.6) is 11.5 Å². The fraction of sp³-hybridized carbons (Fsp3) is 0.417. The number of aromatic hydroxyl groups is 1. The summed E-state index contributed by atoms with van der Waals surface area (Å²) in [6, 6.07) is 3.37. The first kappa shape index (κ1) is 10.0. The fourth-order valence-corrected chi connectivity index (χ4v) is 1.90. The number of hydrogen-bond acceptors (Lipinski definition) is 3. The molecule has 0 spiro atoms. The third-order valence-electron chi connectivity index (χ3n) is 2.48. The maximum absolute atomic E-state index is 11.8. The van der Waals surface area contributed by atoms with Gasteiger partial charge in [-0.3, -0.25) is 4.79 Å². The number of fused-ring (bicyclic) bond motifs is 1. The molecule has 1 aliphatic heterocycles. The molecule has 0 saturated heterocycles. The molecule has 1 aromatic carbocycles. The maximum Gasteiger partial charge on any atom is 0.174 e. The van der Waals surface area contributed by atoms with E-state index in [1.165, 1.54) is 0 Å². The summed E-state index contributed by atoms with van der Waals surface area (Å²) < 4.78 is 5.67. The number of hydrogen-bond donors (Lipinski definition) is 1.